The first-order chi connectivity index (χ1) is 10.6. The molecule has 1 heterocycles. The molecule has 1 saturated heterocycles. The number of nitrogens with one attached hydrogen (secondary N) is 2. The van der Waals surface area contributed by atoms with Crippen LogP contribution in [-0.2, 0) is 16.2 Å². The van der Waals surface area contributed by atoms with E-state index >= 15 is 0 Å². The fraction of sp³-hybridized carbons (Fsp3) is 0.571. The van der Waals surface area contributed by atoms with Gasteiger partial charge in [0.05, 0.1) is 11.8 Å². The molecule has 0 aromatic heterocycles. The third-order valence-corrected chi connectivity index (χ3v) is 4.33. The van der Waals surface area contributed by atoms with Crippen LogP contribution in [0.5, 0.6) is 5.75 Å². The zero-order valence-corrected chi connectivity index (χ0v) is 13.4. The zero-order chi connectivity index (χ0) is 17.1. The maximum atomic E-state index is 12.6. The maximum absolute atomic E-state index is 12.6. The van der Waals surface area contributed by atoms with E-state index in [0.717, 1.165) is 31.4 Å². The standard InChI is InChI=1S/C14H19F3N2O3S/c1-23(20,21)19-9-13(10-6-7-18-8-10)22-12-4-2-11(3-5-12)14(15,16)17/h2-5,10,13,18-19H,6-9H2,1H3/t10-,13-/m1/s1. The van der Waals surface area contributed by atoms with Crippen molar-refractivity contribution in [2.24, 2.45) is 5.92 Å². The predicted octanol–water partition coefficient (Wildman–Crippen LogP) is 1.61. The molecule has 0 radical (unpaired) electrons. The van der Waals surface area contributed by atoms with Crippen molar-refractivity contribution in [3.63, 3.8) is 0 Å². The Morgan fingerprint density at radius 3 is 2.48 bits per heavy atom. The SMILES string of the molecule is CS(=O)(=O)NC[C@@H](Oc1ccc(C(F)(F)F)cc1)[C@@H]1CCNC1. The summed E-state index contributed by atoms with van der Waals surface area (Å²) in [7, 11) is -3.37. The summed E-state index contributed by atoms with van der Waals surface area (Å²) in [6.45, 7) is 1.55. The molecule has 2 rings (SSSR count). The van der Waals surface area contributed by atoms with E-state index in [1.807, 2.05) is 0 Å². The van der Waals surface area contributed by atoms with E-state index in [9.17, 15) is 21.6 Å². The number of halogens is 3. The summed E-state index contributed by atoms with van der Waals surface area (Å²) in [5.41, 5.74) is -0.752. The van der Waals surface area contributed by atoms with Gasteiger partial charge in [-0.3, -0.25) is 0 Å². The fourth-order valence-electron chi connectivity index (χ4n) is 2.43. The van der Waals surface area contributed by atoms with E-state index in [0.29, 0.717) is 6.54 Å². The first-order valence-electron chi connectivity index (χ1n) is 7.14. The second kappa shape index (κ2) is 7.06. The number of benzene rings is 1. The Morgan fingerprint density at radius 1 is 1.35 bits per heavy atom. The maximum Gasteiger partial charge on any atom is 0.416 e. The first-order valence-corrected chi connectivity index (χ1v) is 9.03. The van der Waals surface area contributed by atoms with Crippen molar-refractivity contribution in [2.75, 3.05) is 25.9 Å². The van der Waals surface area contributed by atoms with Gasteiger partial charge in [-0.15, -0.1) is 0 Å². The van der Waals surface area contributed by atoms with Gasteiger partial charge in [0.25, 0.3) is 0 Å². The summed E-state index contributed by atoms with van der Waals surface area (Å²) < 4.78 is 68.3. The Morgan fingerprint density at radius 2 is 2.00 bits per heavy atom. The minimum absolute atomic E-state index is 0.0756. The van der Waals surface area contributed by atoms with Crippen molar-refractivity contribution in [1.82, 2.24) is 10.0 Å². The van der Waals surface area contributed by atoms with Crippen LogP contribution in [0.2, 0.25) is 0 Å². The highest BCUT2D eigenvalue weighted by molar-refractivity contribution is 7.88. The van der Waals surface area contributed by atoms with Gasteiger partial charge in [-0.1, -0.05) is 0 Å². The molecule has 1 fully saturated rings. The van der Waals surface area contributed by atoms with Gasteiger partial charge < -0.3 is 10.1 Å². The first kappa shape index (κ1) is 18.0. The smallest absolute Gasteiger partial charge is 0.416 e. The number of rotatable bonds is 6. The topological polar surface area (TPSA) is 67.4 Å². The van der Waals surface area contributed by atoms with Gasteiger partial charge in [0.15, 0.2) is 0 Å². The molecule has 2 N–H and O–H groups in total. The average Bonchev–Trinajstić information content (AvgIpc) is 2.96. The molecule has 0 unspecified atom stereocenters. The lowest BCUT2D eigenvalue weighted by atomic mass is 10.0. The molecule has 5 nitrogen and oxygen atoms in total. The van der Waals surface area contributed by atoms with Crippen molar-refractivity contribution in [2.45, 2.75) is 18.7 Å². The van der Waals surface area contributed by atoms with Crippen LogP contribution in [0.25, 0.3) is 0 Å². The van der Waals surface area contributed by atoms with Gasteiger partial charge in [-0.05, 0) is 37.2 Å². The molecule has 1 aromatic carbocycles. The Hall–Kier alpha value is -1.32. The zero-order valence-electron chi connectivity index (χ0n) is 12.6. The Bertz CT molecular complexity index is 611. The summed E-state index contributed by atoms with van der Waals surface area (Å²) in [6, 6.07) is 4.39. The number of ether oxygens (including phenoxy) is 1. The van der Waals surface area contributed by atoms with Gasteiger partial charge in [0.1, 0.15) is 11.9 Å². The number of hydrogen-bond acceptors (Lipinski definition) is 4. The lowest BCUT2D eigenvalue weighted by Crippen LogP contribution is -2.40. The normalized spacial score (nSPS) is 20.4. The lowest BCUT2D eigenvalue weighted by Gasteiger charge is -2.24. The second-order valence-corrected chi connectivity index (χ2v) is 7.38. The molecule has 0 spiro atoms. The molecular weight excluding hydrogens is 333 g/mol. The van der Waals surface area contributed by atoms with Crippen molar-refractivity contribution >= 4 is 10.0 Å². The monoisotopic (exact) mass is 352 g/mol. The minimum atomic E-state index is -4.40. The van der Waals surface area contributed by atoms with E-state index in [2.05, 4.69) is 10.0 Å². The Balaban J connectivity index is 2.07. The summed E-state index contributed by atoms with van der Waals surface area (Å²) in [4.78, 5) is 0. The van der Waals surface area contributed by atoms with Gasteiger partial charge >= 0.3 is 6.18 Å². The molecule has 1 aliphatic rings. The van der Waals surface area contributed by atoms with E-state index in [-0.39, 0.29) is 18.2 Å². The molecule has 1 aromatic rings. The van der Waals surface area contributed by atoms with Crippen molar-refractivity contribution in [3.05, 3.63) is 29.8 Å². The van der Waals surface area contributed by atoms with Crippen LogP contribution in [-0.4, -0.2) is 40.4 Å². The van der Waals surface area contributed by atoms with Crippen molar-refractivity contribution in [3.8, 4) is 5.75 Å². The molecule has 0 amide bonds. The van der Waals surface area contributed by atoms with Gasteiger partial charge in [0.2, 0.25) is 10.0 Å². The quantitative estimate of drug-likeness (QED) is 0.816. The van der Waals surface area contributed by atoms with Crippen LogP contribution < -0.4 is 14.8 Å². The van der Waals surface area contributed by atoms with Crippen LogP contribution in [0, 0.1) is 5.92 Å². The molecule has 23 heavy (non-hydrogen) atoms. The highest BCUT2D eigenvalue weighted by Crippen LogP contribution is 2.30. The van der Waals surface area contributed by atoms with E-state index in [4.69, 9.17) is 4.74 Å². The van der Waals surface area contributed by atoms with Crippen LogP contribution in [0.15, 0.2) is 24.3 Å². The molecule has 1 aliphatic heterocycles. The van der Waals surface area contributed by atoms with E-state index < -0.39 is 27.9 Å². The van der Waals surface area contributed by atoms with Crippen LogP contribution in [0.3, 0.4) is 0 Å². The molecule has 0 saturated carbocycles. The fourth-order valence-corrected chi connectivity index (χ4v) is 2.90. The van der Waals surface area contributed by atoms with Crippen LogP contribution in [0.4, 0.5) is 13.2 Å². The third kappa shape index (κ3) is 5.67. The highest BCUT2D eigenvalue weighted by Gasteiger charge is 2.31. The number of hydrogen-bond donors (Lipinski definition) is 2. The average molecular weight is 352 g/mol. The third-order valence-electron chi connectivity index (χ3n) is 3.64. The lowest BCUT2D eigenvalue weighted by molar-refractivity contribution is -0.137. The predicted molar refractivity (Wildman–Crippen MR) is 79.7 cm³/mol. The molecule has 2 atom stereocenters. The molecular formula is C14H19F3N2O3S. The highest BCUT2D eigenvalue weighted by atomic mass is 32.2. The minimum Gasteiger partial charge on any atom is -0.489 e. The van der Waals surface area contributed by atoms with E-state index in [1.54, 1.807) is 0 Å². The number of sulfonamides is 1. The van der Waals surface area contributed by atoms with Gasteiger partial charge in [-0.25, -0.2) is 13.1 Å². The van der Waals surface area contributed by atoms with Crippen molar-refractivity contribution in [1.29, 1.82) is 0 Å². The van der Waals surface area contributed by atoms with Gasteiger partial charge in [0, 0.05) is 19.0 Å². The Kier molecular flexibility index (Phi) is 5.53. The summed E-state index contributed by atoms with van der Waals surface area (Å²) in [5, 5.41) is 3.16. The largest absolute Gasteiger partial charge is 0.489 e. The summed E-state index contributed by atoms with van der Waals surface area (Å²) in [5.74, 6) is 0.372. The number of alkyl halides is 3. The molecule has 130 valence electrons. The van der Waals surface area contributed by atoms with Gasteiger partial charge in [-0.2, -0.15) is 13.2 Å². The second-order valence-electron chi connectivity index (χ2n) is 5.55. The molecule has 0 bridgehead atoms. The Labute approximate surface area is 133 Å². The summed E-state index contributed by atoms with van der Waals surface area (Å²) in [6.07, 6.45) is -2.98. The van der Waals surface area contributed by atoms with E-state index in [1.165, 1.54) is 12.1 Å². The van der Waals surface area contributed by atoms with Crippen LogP contribution >= 0.6 is 0 Å². The molecule has 9 heteroatoms. The van der Waals surface area contributed by atoms with Crippen molar-refractivity contribution < 1.29 is 26.3 Å². The molecule has 0 aliphatic carbocycles. The summed E-state index contributed by atoms with van der Waals surface area (Å²) >= 11 is 0. The van der Waals surface area contributed by atoms with Crippen LogP contribution in [0.1, 0.15) is 12.0 Å².